The fraction of sp³-hybridized carbons (Fsp3) is 0.118. The highest BCUT2D eigenvalue weighted by Gasteiger charge is 2.01. The summed E-state index contributed by atoms with van der Waals surface area (Å²) in [4.78, 5) is 11.5. The van der Waals surface area contributed by atoms with Gasteiger partial charge in [0, 0.05) is 17.1 Å². The van der Waals surface area contributed by atoms with E-state index in [4.69, 9.17) is 16.3 Å². The molecule has 1 N–H and O–H groups in total. The van der Waals surface area contributed by atoms with Crippen LogP contribution < -0.4 is 5.32 Å². The van der Waals surface area contributed by atoms with Crippen molar-refractivity contribution >= 4 is 23.8 Å². The van der Waals surface area contributed by atoms with Crippen LogP contribution in [0.15, 0.2) is 54.6 Å². The van der Waals surface area contributed by atoms with Crippen molar-refractivity contribution in [1.29, 1.82) is 0 Å². The maximum Gasteiger partial charge on any atom is 0.407 e. The summed E-state index contributed by atoms with van der Waals surface area (Å²) in [5.41, 5.74) is 1.28. The van der Waals surface area contributed by atoms with Crippen molar-refractivity contribution in [3.8, 4) is 0 Å². The van der Waals surface area contributed by atoms with E-state index in [1.165, 1.54) is 18.2 Å². The highest BCUT2D eigenvalue weighted by Crippen LogP contribution is 2.15. The minimum atomic E-state index is -0.528. The third-order valence-corrected chi connectivity index (χ3v) is 3.07. The zero-order valence-electron chi connectivity index (χ0n) is 11.8. The normalized spacial score (nSPS) is 10.6. The Bertz CT molecular complexity index is 659. The predicted molar refractivity (Wildman–Crippen MR) is 85.1 cm³/mol. The van der Waals surface area contributed by atoms with Crippen molar-refractivity contribution in [3.63, 3.8) is 0 Å². The predicted octanol–water partition coefficient (Wildman–Crippen LogP) is 4.42. The average molecular weight is 320 g/mol. The van der Waals surface area contributed by atoms with Crippen molar-refractivity contribution < 1.29 is 13.9 Å². The van der Waals surface area contributed by atoms with Crippen LogP contribution in [0.2, 0.25) is 5.02 Å². The number of rotatable bonds is 5. The van der Waals surface area contributed by atoms with Gasteiger partial charge in [0.2, 0.25) is 0 Å². The lowest BCUT2D eigenvalue weighted by atomic mass is 10.2. The fourth-order valence-corrected chi connectivity index (χ4v) is 1.93. The lowest BCUT2D eigenvalue weighted by Crippen LogP contribution is -2.24. The molecule has 2 aromatic carbocycles. The Morgan fingerprint density at radius 1 is 1.23 bits per heavy atom. The van der Waals surface area contributed by atoms with Crippen LogP contribution in [0.1, 0.15) is 11.1 Å². The summed E-state index contributed by atoms with van der Waals surface area (Å²) < 4.78 is 18.5. The summed E-state index contributed by atoms with van der Waals surface area (Å²) in [6.07, 6.45) is 2.65. The van der Waals surface area contributed by atoms with Crippen LogP contribution in [0, 0.1) is 5.82 Å². The zero-order valence-corrected chi connectivity index (χ0v) is 12.5. The topological polar surface area (TPSA) is 38.3 Å². The van der Waals surface area contributed by atoms with Crippen LogP contribution in [-0.2, 0) is 11.3 Å². The zero-order chi connectivity index (χ0) is 15.8. The number of nitrogens with one attached hydrogen (secondary N) is 1. The Morgan fingerprint density at radius 3 is 2.77 bits per heavy atom. The smallest absolute Gasteiger partial charge is 0.407 e. The standard InChI is InChI=1S/C17H15ClFNO2/c18-15-8-9-16(19)14(11-15)7-4-10-20-17(21)22-12-13-5-2-1-3-6-13/h1-9,11H,10,12H2,(H,20,21). The average Bonchev–Trinajstić information content (AvgIpc) is 2.53. The van der Waals surface area contributed by atoms with Gasteiger partial charge in [-0.2, -0.15) is 0 Å². The van der Waals surface area contributed by atoms with Gasteiger partial charge in [0.05, 0.1) is 0 Å². The molecule has 22 heavy (non-hydrogen) atoms. The van der Waals surface area contributed by atoms with Crippen LogP contribution in [0.4, 0.5) is 9.18 Å². The summed E-state index contributed by atoms with van der Waals surface area (Å²) in [5.74, 6) is -0.368. The lowest BCUT2D eigenvalue weighted by molar-refractivity contribution is 0.141. The molecule has 0 bridgehead atoms. The lowest BCUT2D eigenvalue weighted by Gasteiger charge is -2.05. The number of benzene rings is 2. The van der Waals surface area contributed by atoms with Gasteiger partial charge in [0.25, 0.3) is 0 Å². The molecular formula is C17H15ClFNO2. The molecule has 0 fully saturated rings. The van der Waals surface area contributed by atoms with Crippen LogP contribution >= 0.6 is 11.6 Å². The Kier molecular flexibility index (Phi) is 5.98. The van der Waals surface area contributed by atoms with Gasteiger partial charge in [0.1, 0.15) is 12.4 Å². The molecule has 0 radical (unpaired) electrons. The molecule has 0 aliphatic carbocycles. The molecule has 0 saturated heterocycles. The Balaban J connectivity index is 1.75. The molecule has 5 heteroatoms. The first-order valence-electron chi connectivity index (χ1n) is 6.71. The van der Waals surface area contributed by atoms with E-state index in [1.54, 1.807) is 12.2 Å². The monoisotopic (exact) mass is 319 g/mol. The number of carbonyl (C=O) groups excluding carboxylic acids is 1. The van der Waals surface area contributed by atoms with Gasteiger partial charge in [0.15, 0.2) is 0 Å². The maximum absolute atomic E-state index is 13.4. The van der Waals surface area contributed by atoms with Crippen molar-refractivity contribution in [2.24, 2.45) is 0 Å². The van der Waals surface area contributed by atoms with Gasteiger partial charge in [-0.3, -0.25) is 0 Å². The van der Waals surface area contributed by atoms with E-state index >= 15 is 0 Å². The summed E-state index contributed by atoms with van der Waals surface area (Å²) >= 11 is 5.79. The first kappa shape index (κ1) is 16.0. The highest BCUT2D eigenvalue weighted by atomic mass is 35.5. The molecule has 0 aliphatic rings. The Hall–Kier alpha value is -2.33. The van der Waals surface area contributed by atoms with Crippen molar-refractivity contribution in [2.75, 3.05) is 6.54 Å². The van der Waals surface area contributed by atoms with Crippen LogP contribution in [0.3, 0.4) is 0 Å². The fourth-order valence-electron chi connectivity index (χ4n) is 1.74. The van der Waals surface area contributed by atoms with E-state index in [0.717, 1.165) is 5.56 Å². The summed E-state index contributed by atoms with van der Waals surface area (Å²) in [6.45, 7) is 0.443. The minimum Gasteiger partial charge on any atom is -0.445 e. The van der Waals surface area contributed by atoms with Gasteiger partial charge < -0.3 is 10.1 Å². The second kappa shape index (κ2) is 8.20. The Labute approximate surface area is 133 Å². The number of hydrogen-bond donors (Lipinski definition) is 1. The summed E-state index contributed by atoms with van der Waals surface area (Å²) in [5, 5.41) is 3.01. The number of amides is 1. The van der Waals surface area contributed by atoms with E-state index in [0.29, 0.717) is 10.6 Å². The molecule has 0 atom stereocenters. The molecule has 1 amide bonds. The maximum atomic E-state index is 13.4. The molecule has 0 heterocycles. The molecule has 3 nitrogen and oxygen atoms in total. The third kappa shape index (κ3) is 5.22. The Morgan fingerprint density at radius 2 is 2.00 bits per heavy atom. The van der Waals surface area contributed by atoms with Crippen molar-refractivity contribution in [1.82, 2.24) is 5.32 Å². The second-order valence-electron chi connectivity index (χ2n) is 4.51. The molecule has 0 aliphatic heterocycles. The summed E-state index contributed by atoms with van der Waals surface area (Å²) in [6, 6.07) is 13.7. The van der Waals surface area contributed by atoms with Crippen LogP contribution in [0.25, 0.3) is 6.08 Å². The molecule has 2 aromatic rings. The van der Waals surface area contributed by atoms with Crippen molar-refractivity contribution in [3.05, 3.63) is 76.6 Å². The molecule has 0 spiro atoms. The number of hydrogen-bond acceptors (Lipinski definition) is 2. The number of alkyl carbamates (subject to hydrolysis) is 1. The van der Waals surface area contributed by atoms with Gasteiger partial charge in [-0.25, -0.2) is 9.18 Å². The number of ether oxygens (including phenoxy) is 1. The van der Waals surface area contributed by atoms with Crippen LogP contribution in [-0.4, -0.2) is 12.6 Å². The molecule has 0 saturated carbocycles. The molecule has 0 unspecified atom stereocenters. The molecule has 2 rings (SSSR count). The highest BCUT2D eigenvalue weighted by molar-refractivity contribution is 6.30. The van der Waals surface area contributed by atoms with Crippen LogP contribution in [0.5, 0.6) is 0 Å². The van der Waals surface area contributed by atoms with E-state index < -0.39 is 6.09 Å². The third-order valence-electron chi connectivity index (χ3n) is 2.83. The van der Waals surface area contributed by atoms with E-state index in [9.17, 15) is 9.18 Å². The molecular weight excluding hydrogens is 305 g/mol. The SMILES string of the molecule is O=C(NCC=Cc1cc(Cl)ccc1F)OCc1ccccc1. The first-order chi connectivity index (χ1) is 10.6. The molecule has 0 aromatic heterocycles. The minimum absolute atomic E-state index is 0.208. The molecule has 114 valence electrons. The van der Waals surface area contributed by atoms with Gasteiger partial charge >= 0.3 is 6.09 Å². The quantitative estimate of drug-likeness (QED) is 0.886. The van der Waals surface area contributed by atoms with E-state index in [-0.39, 0.29) is 19.0 Å². The van der Waals surface area contributed by atoms with Gasteiger partial charge in [-0.15, -0.1) is 0 Å². The number of halogens is 2. The summed E-state index contributed by atoms with van der Waals surface area (Å²) in [7, 11) is 0. The largest absolute Gasteiger partial charge is 0.445 e. The van der Waals surface area contributed by atoms with E-state index in [2.05, 4.69) is 5.32 Å². The first-order valence-corrected chi connectivity index (χ1v) is 7.09. The van der Waals surface area contributed by atoms with E-state index in [1.807, 2.05) is 30.3 Å². The van der Waals surface area contributed by atoms with Crippen molar-refractivity contribution in [2.45, 2.75) is 6.61 Å². The second-order valence-corrected chi connectivity index (χ2v) is 4.95. The van der Waals surface area contributed by atoms with Gasteiger partial charge in [-0.05, 0) is 23.8 Å². The number of carbonyl (C=O) groups is 1. The van der Waals surface area contributed by atoms with Gasteiger partial charge in [-0.1, -0.05) is 54.1 Å².